The fourth-order valence-electron chi connectivity index (χ4n) is 1.40. The molecule has 0 unspecified atom stereocenters. The Morgan fingerprint density at radius 3 is 2.67 bits per heavy atom. The molecular weight excluding hydrogens is 254 g/mol. The Balaban J connectivity index is 2.30. The summed E-state index contributed by atoms with van der Waals surface area (Å²) >= 11 is 5.91. The van der Waals surface area contributed by atoms with Crippen LogP contribution in [-0.4, -0.2) is 18.5 Å². The zero-order chi connectivity index (χ0) is 13.4. The molecule has 1 amide bonds. The molecule has 1 N–H and O–H groups in total. The molecule has 4 nitrogen and oxygen atoms in total. The van der Waals surface area contributed by atoms with Crippen LogP contribution in [0.15, 0.2) is 24.3 Å². The molecule has 0 saturated carbocycles. The fourth-order valence-corrected chi connectivity index (χ4v) is 1.58. The van der Waals surface area contributed by atoms with E-state index < -0.39 is 0 Å². The zero-order valence-electron chi connectivity index (χ0n) is 10.2. The van der Waals surface area contributed by atoms with Gasteiger partial charge in [-0.3, -0.25) is 9.59 Å². The standard InChI is InChI=1S/C13H16ClNO3/c1-2-18-13(17)9-5-8-12(16)15-11-7-4-3-6-10(11)14/h3-4,6-7H,2,5,8-9H2,1H3,(H,15,16). The molecule has 1 aromatic carbocycles. The highest BCUT2D eigenvalue weighted by Gasteiger charge is 2.07. The van der Waals surface area contributed by atoms with Gasteiger partial charge in [0.05, 0.1) is 17.3 Å². The lowest BCUT2D eigenvalue weighted by atomic mass is 10.2. The summed E-state index contributed by atoms with van der Waals surface area (Å²) < 4.78 is 4.77. The first kappa shape index (κ1) is 14.5. The van der Waals surface area contributed by atoms with Crippen LogP contribution in [0.3, 0.4) is 0 Å². The molecule has 5 heteroatoms. The lowest BCUT2D eigenvalue weighted by Crippen LogP contribution is -2.12. The van der Waals surface area contributed by atoms with E-state index >= 15 is 0 Å². The smallest absolute Gasteiger partial charge is 0.305 e. The van der Waals surface area contributed by atoms with E-state index in [9.17, 15) is 9.59 Å². The van der Waals surface area contributed by atoms with E-state index in [1.54, 1.807) is 31.2 Å². The SMILES string of the molecule is CCOC(=O)CCCC(=O)Nc1ccccc1Cl. The maximum absolute atomic E-state index is 11.6. The third kappa shape index (κ3) is 5.19. The third-order valence-corrected chi connectivity index (χ3v) is 2.57. The van der Waals surface area contributed by atoms with Crippen molar-refractivity contribution in [2.45, 2.75) is 26.2 Å². The van der Waals surface area contributed by atoms with Crippen molar-refractivity contribution < 1.29 is 14.3 Å². The van der Waals surface area contributed by atoms with E-state index in [4.69, 9.17) is 16.3 Å². The van der Waals surface area contributed by atoms with Gasteiger partial charge >= 0.3 is 5.97 Å². The van der Waals surface area contributed by atoms with E-state index in [0.29, 0.717) is 23.7 Å². The van der Waals surface area contributed by atoms with Crippen molar-refractivity contribution in [3.63, 3.8) is 0 Å². The average Bonchev–Trinajstić information content (AvgIpc) is 2.32. The van der Waals surface area contributed by atoms with Crippen molar-refractivity contribution in [2.75, 3.05) is 11.9 Å². The first-order valence-electron chi connectivity index (χ1n) is 5.83. The van der Waals surface area contributed by atoms with Crippen LogP contribution in [0.1, 0.15) is 26.2 Å². The lowest BCUT2D eigenvalue weighted by Gasteiger charge is -2.06. The van der Waals surface area contributed by atoms with Crippen LogP contribution < -0.4 is 5.32 Å². The van der Waals surface area contributed by atoms with Gasteiger partial charge in [0.15, 0.2) is 0 Å². The quantitative estimate of drug-likeness (QED) is 0.808. The molecule has 0 radical (unpaired) electrons. The van der Waals surface area contributed by atoms with Crippen molar-refractivity contribution in [1.29, 1.82) is 0 Å². The number of benzene rings is 1. The first-order valence-corrected chi connectivity index (χ1v) is 6.21. The number of carbonyl (C=O) groups is 2. The number of nitrogens with one attached hydrogen (secondary N) is 1. The Labute approximate surface area is 111 Å². The van der Waals surface area contributed by atoms with Gasteiger partial charge in [-0.1, -0.05) is 23.7 Å². The lowest BCUT2D eigenvalue weighted by molar-refractivity contribution is -0.143. The monoisotopic (exact) mass is 269 g/mol. The Hall–Kier alpha value is -1.55. The minimum atomic E-state index is -0.275. The largest absolute Gasteiger partial charge is 0.466 e. The number of halogens is 1. The Morgan fingerprint density at radius 2 is 2.00 bits per heavy atom. The highest BCUT2D eigenvalue weighted by molar-refractivity contribution is 6.33. The van der Waals surface area contributed by atoms with Crippen LogP contribution in [0.4, 0.5) is 5.69 Å². The normalized spacial score (nSPS) is 9.89. The third-order valence-electron chi connectivity index (χ3n) is 2.24. The highest BCUT2D eigenvalue weighted by atomic mass is 35.5. The van der Waals surface area contributed by atoms with Gasteiger partial charge in [-0.25, -0.2) is 0 Å². The first-order chi connectivity index (χ1) is 8.63. The van der Waals surface area contributed by atoms with Crippen molar-refractivity contribution in [2.24, 2.45) is 0 Å². The number of anilines is 1. The topological polar surface area (TPSA) is 55.4 Å². The highest BCUT2D eigenvalue weighted by Crippen LogP contribution is 2.20. The number of para-hydroxylation sites is 1. The molecule has 0 aliphatic carbocycles. The molecule has 0 aliphatic rings. The van der Waals surface area contributed by atoms with Crippen LogP contribution in [0, 0.1) is 0 Å². The summed E-state index contributed by atoms with van der Waals surface area (Å²) in [6, 6.07) is 7.01. The summed E-state index contributed by atoms with van der Waals surface area (Å²) in [5.41, 5.74) is 0.584. The second-order valence-corrected chi connectivity index (χ2v) is 4.09. The number of rotatable bonds is 6. The average molecular weight is 270 g/mol. The van der Waals surface area contributed by atoms with Crippen LogP contribution in [0.2, 0.25) is 5.02 Å². The number of ether oxygens (including phenoxy) is 1. The second-order valence-electron chi connectivity index (χ2n) is 3.69. The molecule has 0 heterocycles. The number of esters is 1. The molecule has 0 fully saturated rings. The number of hydrogen-bond acceptors (Lipinski definition) is 3. The Morgan fingerprint density at radius 1 is 1.28 bits per heavy atom. The molecular formula is C13H16ClNO3. The number of hydrogen-bond donors (Lipinski definition) is 1. The summed E-state index contributed by atoms with van der Waals surface area (Å²) in [6.07, 6.45) is 0.989. The van der Waals surface area contributed by atoms with Gasteiger partial charge in [0.25, 0.3) is 0 Å². The van der Waals surface area contributed by atoms with Crippen LogP contribution in [0.5, 0.6) is 0 Å². The van der Waals surface area contributed by atoms with Crippen molar-refractivity contribution in [1.82, 2.24) is 0 Å². The number of carbonyl (C=O) groups excluding carboxylic acids is 2. The van der Waals surface area contributed by atoms with Gasteiger partial charge in [0, 0.05) is 12.8 Å². The minimum Gasteiger partial charge on any atom is -0.466 e. The number of amides is 1. The van der Waals surface area contributed by atoms with Gasteiger partial charge in [0.1, 0.15) is 0 Å². The summed E-state index contributed by atoms with van der Waals surface area (Å²) in [5.74, 6) is -0.435. The van der Waals surface area contributed by atoms with E-state index in [1.165, 1.54) is 0 Å². The van der Waals surface area contributed by atoms with Gasteiger partial charge in [0.2, 0.25) is 5.91 Å². The van der Waals surface area contributed by atoms with Gasteiger partial charge in [-0.2, -0.15) is 0 Å². The molecule has 98 valence electrons. The van der Waals surface area contributed by atoms with E-state index in [2.05, 4.69) is 5.32 Å². The van der Waals surface area contributed by atoms with Gasteiger partial charge in [-0.05, 0) is 25.5 Å². The fraction of sp³-hybridized carbons (Fsp3) is 0.385. The minimum absolute atomic E-state index is 0.160. The maximum atomic E-state index is 11.6. The van der Waals surface area contributed by atoms with Crippen molar-refractivity contribution in [3.05, 3.63) is 29.3 Å². The predicted octanol–water partition coefficient (Wildman–Crippen LogP) is 3.01. The molecule has 0 spiro atoms. The maximum Gasteiger partial charge on any atom is 0.305 e. The summed E-state index contributed by atoms with van der Waals surface area (Å²) in [4.78, 5) is 22.6. The summed E-state index contributed by atoms with van der Waals surface area (Å²) in [7, 11) is 0. The van der Waals surface area contributed by atoms with Crippen LogP contribution >= 0.6 is 11.6 Å². The molecule has 0 saturated heterocycles. The second kappa shape index (κ2) is 7.71. The molecule has 0 bridgehead atoms. The summed E-state index contributed by atoms with van der Waals surface area (Å²) in [6.45, 7) is 2.12. The molecule has 0 atom stereocenters. The van der Waals surface area contributed by atoms with E-state index in [-0.39, 0.29) is 24.7 Å². The molecule has 0 aliphatic heterocycles. The molecule has 0 aromatic heterocycles. The van der Waals surface area contributed by atoms with Crippen molar-refractivity contribution >= 4 is 29.2 Å². The predicted molar refractivity (Wildman–Crippen MR) is 70.6 cm³/mol. The molecule has 1 aromatic rings. The molecule has 18 heavy (non-hydrogen) atoms. The zero-order valence-corrected chi connectivity index (χ0v) is 11.0. The van der Waals surface area contributed by atoms with Crippen LogP contribution in [-0.2, 0) is 14.3 Å². The van der Waals surface area contributed by atoms with Crippen molar-refractivity contribution in [3.8, 4) is 0 Å². The van der Waals surface area contributed by atoms with Gasteiger partial charge < -0.3 is 10.1 Å². The van der Waals surface area contributed by atoms with E-state index in [1.807, 2.05) is 0 Å². The van der Waals surface area contributed by atoms with Gasteiger partial charge in [-0.15, -0.1) is 0 Å². The van der Waals surface area contributed by atoms with Crippen LogP contribution in [0.25, 0.3) is 0 Å². The Bertz CT molecular complexity index is 420. The van der Waals surface area contributed by atoms with E-state index in [0.717, 1.165) is 0 Å². The summed E-state index contributed by atoms with van der Waals surface area (Å²) in [5, 5.41) is 3.19. The Kier molecular flexibility index (Phi) is 6.22. The molecule has 1 rings (SSSR count).